The van der Waals surface area contributed by atoms with Crippen LogP contribution in [0.2, 0.25) is 5.02 Å². The maximum absolute atomic E-state index is 11.5. The van der Waals surface area contributed by atoms with Gasteiger partial charge < -0.3 is 19.8 Å². The highest BCUT2D eigenvalue weighted by atomic mass is 79.9. The largest absolute Gasteiger partial charge is 0.342 e. The number of hydrogen-bond acceptors (Lipinski definition) is 4. The van der Waals surface area contributed by atoms with E-state index < -0.39 is 24.5 Å². The van der Waals surface area contributed by atoms with Crippen molar-refractivity contribution in [1.29, 1.82) is 0 Å². The number of fused-ring (bicyclic) bond motifs is 1. The minimum atomic E-state index is -4.28. The Bertz CT molecular complexity index is 877. The Morgan fingerprint density at radius 2 is 1.83 bits per heavy atom. The van der Waals surface area contributed by atoms with Crippen LogP contribution < -0.4 is 11.1 Å². The standard InChI is InChI=1S/C12H15ClN3O5P.BrH/c1-6(22(19,20)21)16(2)5-7-3-8(13)4-9-10(7)15-12(18)11(17)14-9;/h3-4,6H,5H2,1-2H3,(H,14,17)(H,15,18)(H2,19,20,21);1H. The van der Waals surface area contributed by atoms with Gasteiger partial charge in [-0.05, 0) is 31.7 Å². The number of nitrogens with one attached hydrogen (secondary N) is 2. The lowest BCUT2D eigenvalue weighted by Crippen LogP contribution is -2.31. The second kappa shape index (κ2) is 7.29. The second-order valence-corrected chi connectivity index (χ2v) is 7.39. The first kappa shape index (κ1) is 20.1. The van der Waals surface area contributed by atoms with E-state index in [1.54, 1.807) is 13.1 Å². The van der Waals surface area contributed by atoms with Crippen LogP contribution in [0.3, 0.4) is 0 Å². The van der Waals surface area contributed by atoms with Crippen LogP contribution in [0.5, 0.6) is 0 Å². The zero-order chi connectivity index (χ0) is 16.7. The fourth-order valence-corrected chi connectivity index (χ4v) is 2.88. The Morgan fingerprint density at radius 3 is 2.39 bits per heavy atom. The number of hydrogen-bond donors (Lipinski definition) is 4. The molecule has 8 nitrogen and oxygen atoms in total. The molecular formula is C12H16BrClN3O5P. The van der Waals surface area contributed by atoms with Gasteiger partial charge in [-0.25, -0.2) is 0 Å². The van der Waals surface area contributed by atoms with Crippen molar-refractivity contribution in [3.63, 3.8) is 0 Å². The van der Waals surface area contributed by atoms with E-state index >= 15 is 0 Å². The van der Waals surface area contributed by atoms with Crippen LogP contribution in [-0.4, -0.2) is 37.5 Å². The number of aromatic nitrogens is 2. The molecule has 11 heteroatoms. The summed E-state index contributed by atoms with van der Waals surface area (Å²) in [5.41, 5.74) is -0.332. The molecule has 1 atom stereocenters. The van der Waals surface area contributed by atoms with Crippen LogP contribution >= 0.6 is 36.2 Å². The van der Waals surface area contributed by atoms with E-state index in [0.717, 1.165) is 0 Å². The molecular weight excluding hydrogens is 412 g/mol. The summed E-state index contributed by atoms with van der Waals surface area (Å²) in [5, 5.41) is 0.336. The summed E-state index contributed by atoms with van der Waals surface area (Å²) < 4.78 is 11.3. The minimum absolute atomic E-state index is 0. The Morgan fingerprint density at radius 1 is 1.26 bits per heavy atom. The van der Waals surface area contributed by atoms with Gasteiger partial charge in [-0.15, -0.1) is 17.0 Å². The normalized spacial score (nSPS) is 13.1. The summed E-state index contributed by atoms with van der Waals surface area (Å²) in [5.74, 6) is -1.00. The van der Waals surface area contributed by atoms with E-state index in [2.05, 4.69) is 9.97 Å². The average molecular weight is 429 g/mol. The lowest BCUT2D eigenvalue weighted by molar-refractivity contribution is 0.256. The molecule has 4 N–H and O–H groups in total. The van der Waals surface area contributed by atoms with E-state index in [-0.39, 0.29) is 23.5 Å². The topological polar surface area (TPSA) is 126 Å². The first-order chi connectivity index (χ1) is 10.1. The minimum Gasteiger partial charge on any atom is -0.323 e. The molecule has 0 saturated heterocycles. The monoisotopic (exact) mass is 427 g/mol. The highest BCUT2D eigenvalue weighted by Gasteiger charge is 2.28. The van der Waals surface area contributed by atoms with Gasteiger partial charge in [0.2, 0.25) is 0 Å². The lowest BCUT2D eigenvalue weighted by Gasteiger charge is -2.25. The number of benzene rings is 1. The van der Waals surface area contributed by atoms with E-state index in [0.29, 0.717) is 21.6 Å². The molecule has 1 heterocycles. The molecule has 2 aromatic rings. The summed E-state index contributed by atoms with van der Waals surface area (Å²) in [7, 11) is -2.73. The van der Waals surface area contributed by atoms with Gasteiger partial charge in [-0.1, -0.05) is 11.6 Å². The Hall–Kier alpha value is -0.960. The molecule has 0 bridgehead atoms. The van der Waals surface area contributed by atoms with Gasteiger partial charge >= 0.3 is 18.7 Å². The van der Waals surface area contributed by atoms with Crippen molar-refractivity contribution in [3.8, 4) is 0 Å². The SMILES string of the molecule is Br.CC(N(C)Cc1cc(Cl)cc2[nH]c(=O)c(=O)[nH]c12)P(=O)(O)O. The molecule has 1 aromatic heterocycles. The third-order valence-corrected chi connectivity index (χ3v) is 5.01. The maximum atomic E-state index is 11.5. The van der Waals surface area contributed by atoms with Gasteiger partial charge in [0.1, 0.15) is 5.78 Å². The smallest absolute Gasteiger partial charge is 0.323 e. The predicted octanol–water partition coefficient (Wildman–Crippen LogP) is 1.40. The molecule has 1 unspecified atom stereocenters. The highest BCUT2D eigenvalue weighted by molar-refractivity contribution is 8.93. The summed E-state index contributed by atoms with van der Waals surface area (Å²) >= 11 is 5.98. The van der Waals surface area contributed by atoms with Crippen molar-refractivity contribution >= 4 is 47.2 Å². The van der Waals surface area contributed by atoms with Crippen molar-refractivity contribution in [3.05, 3.63) is 43.4 Å². The van der Waals surface area contributed by atoms with Gasteiger partial charge in [0.05, 0.1) is 11.0 Å². The Kier molecular flexibility index (Phi) is 6.37. The first-order valence-electron chi connectivity index (χ1n) is 6.30. The van der Waals surface area contributed by atoms with Crippen LogP contribution in [0.4, 0.5) is 0 Å². The van der Waals surface area contributed by atoms with E-state index in [4.69, 9.17) is 11.6 Å². The molecule has 0 aliphatic rings. The van der Waals surface area contributed by atoms with Crippen LogP contribution in [0.1, 0.15) is 12.5 Å². The highest BCUT2D eigenvalue weighted by Crippen LogP contribution is 2.42. The number of nitrogens with zero attached hydrogens (tertiary/aromatic N) is 1. The third-order valence-electron chi connectivity index (χ3n) is 3.42. The van der Waals surface area contributed by atoms with Crippen LogP contribution in [-0.2, 0) is 11.1 Å². The fraction of sp³-hybridized carbons (Fsp3) is 0.333. The molecule has 0 spiro atoms. The fourth-order valence-electron chi connectivity index (χ4n) is 2.04. The van der Waals surface area contributed by atoms with Gasteiger partial charge in [0.25, 0.3) is 0 Å². The Balaban J connectivity index is 0.00000264. The third kappa shape index (κ3) is 4.53. The number of aromatic amines is 2. The first-order valence-corrected chi connectivity index (χ1v) is 8.35. The van der Waals surface area contributed by atoms with E-state index in [9.17, 15) is 23.9 Å². The molecule has 23 heavy (non-hydrogen) atoms. The number of halogens is 2. The number of rotatable bonds is 4. The maximum Gasteiger partial charge on any atom is 0.342 e. The van der Waals surface area contributed by atoms with E-state index in [1.807, 2.05) is 0 Å². The zero-order valence-corrected chi connectivity index (χ0v) is 15.6. The second-order valence-electron chi connectivity index (χ2n) is 5.03. The summed E-state index contributed by atoms with van der Waals surface area (Å²) in [6.45, 7) is 1.53. The van der Waals surface area contributed by atoms with Gasteiger partial charge in [-0.3, -0.25) is 19.1 Å². The van der Waals surface area contributed by atoms with Gasteiger partial charge in [-0.2, -0.15) is 0 Å². The molecule has 0 radical (unpaired) electrons. The van der Waals surface area contributed by atoms with Crippen molar-refractivity contribution in [2.24, 2.45) is 0 Å². The van der Waals surface area contributed by atoms with Crippen molar-refractivity contribution in [2.45, 2.75) is 19.3 Å². The van der Waals surface area contributed by atoms with Crippen LogP contribution in [0.25, 0.3) is 11.0 Å². The Labute approximate surface area is 146 Å². The summed E-state index contributed by atoms with van der Waals surface area (Å²) in [6.07, 6.45) is 0. The lowest BCUT2D eigenvalue weighted by atomic mass is 10.1. The van der Waals surface area contributed by atoms with E-state index in [1.165, 1.54) is 17.9 Å². The van der Waals surface area contributed by atoms with Gasteiger partial charge in [0, 0.05) is 11.6 Å². The molecule has 2 rings (SSSR count). The average Bonchev–Trinajstić information content (AvgIpc) is 2.39. The van der Waals surface area contributed by atoms with Crippen molar-refractivity contribution in [1.82, 2.24) is 14.9 Å². The molecule has 128 valence electrons. The summed E-state index contributed by atoms with van der Waals surface area (Å²) in [6, 6.07) is 3.06. The van der Waals surface area contributed by atoms with Crippen molar-refractivity contribution < 1.29 is 14.4 Å². The summed E-state index contributed by atoms with van der Waals surface area (Å²) in [4.78, 5) is 47.6. The molecule has 0 fully saturated rings. The zero-order valence-electron chi connectivity index (χ0n) is 12.2. The predicted molar refractivity (Wildman–Crippen MR) is 93.5 cm³/mol. The molecule has 0 saturated carbocycles. The molecule has 0 aliphatic heterocycles. The molecule has 0 amide bonds. The number of H-pyrrole nitrogens is 2. The van der Waals surface area contributed by atoms with Crippen LogP contribution in [0.15, 0.2) is 21.7 Å². The van der Waals surface area contributed by atoms with Crippen LogP contribution in [0, 0.1) is 0 Å². The van der Waals surface area contributed by atoms with Crippen molar-refractivity contribution in [2.75, 3.05) is 7.05 Å². The molecule has 0 aliphatic carbocycles. The quantitative estimate of drug-likeness (QED) is 0.431. The molecule has 1 aromatic carbocycles. The van der Waals surface area contributed by atoms with Gasteiger partial charge in [0.15, 0.2) is 0 Å².